The van der Waals surface area contributed by atoms with E-state index in [1.165, 1.54) is 0 Å². The molecular formula is C13H6F10O4. The van der Waals surface area contributed by atoms with E-state index in [0.29, 0.717) is 18.2 Å². The highest BCUT2D eigenvalue weighted by atomic mass is 19.4. The molecule has 0 bridgehead atoms. The molecule has 0 unspecified atom stereocenters. The summed E-state index contributed by atoms with van der Waals surface area (Å²) < 4.78 is 131. The lowest BCUT2D eigenvalue weighted by molar-refractivity contribution is -0.277. The number of rotatable bonds is 4. The predicted octanol–water partition coefficient (Wildman–Crippen LogP) is 4.20. The Labute approximate surface area is 142 Å². The van der Waals surface area contributed by atoms with E-state index < -0.39 is 53.2 Å². The molecular weight excluding hydrogens is 410 g/mol. The Bertz CT molecular complexity index is 736. The highest BCUT2D eigenvalue weighted by Gasteiger charge is 2.66. The van der Waals surface area contributed by atoms with Crippen LogP contribution in [0.5, 0.6) is 11.5 Å². The van der Waals surface area contributed by atoms with Crippen LogP contribution in [0.4, 0.5) is 43.9 Å². The third-order valence-electron chi connectivity index (χ3n) is 2.78. The molecule has 152 valence electrons. The van der Waals surface area contributed by atoms with E-state index in [4.69, 9.17) is 0 Å². The first-order chi connectivity index (χ1) is 11.9. The minimum absolute atomic E-state index is 0.436. The van der Waals surface area contributed by atoms with E-state index in [9.17, 15) is 53.5 Å². The topological polar surface area (TPSA) is 52.6 Å². The fraction of sp³-hybridized carbons (Fsp3) is 0.385. The van der Waals surface area contributed by atoms with E-state index in [0.717, 1.165) is 6.92 Å². The lowest BCUT2D eigenvalue weighted by Crippen LogP contribution is -2.46. The summed E-state index contributed by atoms with van der Waals surface area (Å²) in [5.41, 5.74) is -0.484. The van der Waals surface area contributed by atoms with Crippen LogP contribution in [0.25, 0.3) is 0 Å². The molecule has 1 rings (SSSR count). The predicted molar refractivity (Wildman–Crippen MR) is 64.5 cm³/mol. The van der Waals surface area contributed by atoms with Crippen LogP contribution in [0.2, 0.25) is 0 Å². The SMILES string of the molecule is Cc1cc(OC(=O)C(F)(F)C(F)(F)F)ccc1OC(=O)C(F)(F)C(F)(F)F. The number of esters is 2. The fourth-order valence-electron chi connectivity index (χ4n) is 1.37. The molecule has 14 heteroatoms. The van der Waals surface area contributed by atoms with Crippen molar-refractivity contribution in [3.63, 3.8) is 0 Å². The maximum absolute atomic E-state index is 12.8. The molecule has 0 fully saturated rings. The summed E-state index contributed by atoms with van der Waals surface area (Å²) in [6.45, 7) is 0.896. The molecule has 0 spiro atoms. The molecule has 0 aromatic heterocycles. The highest BCUT2D eigenvalue weighted by Crippen LogP contribution is 2.38. The average molecular weight is 416 g/mol. The van der Waals surface area contributed by atoms with Crippen LogP contribution < -0.4 is 9.47 Å². The lowest BCUT2D eigenvalue weighted by Gasteiger charge is -2.19. The molecule has 4 nitrogen and oxygen atoms in total. The van der Waals surface area contributed by atoms with Crippen LogP contribution >= 0.6 is 0 Å². The zero-order valence-electron chi connectivity index (χ0n) is 12.6. The second-order valence-corrected chi connectivity index (χ2v) is 4.85. The normalized spacial score (nSPS) is 13.3. The first-order valence-corrected chi connectivity index (χ1v) is 6.35. The maximum atomic E-state index is 12.8. The van der Waals surface area contributed by atoms with Gasteiger partial charge in [0.05, 0.1) is 0 Å². The zero-order chi connectivity index (χ0) is 21.4. The molecule has 1 aromatic rings. The first-order valence-electron chi connectivity index (χ1n) is 6.35. The average Bonchev–Trinajstić information content (AvgIpc) is 2.47. The van der Waals surface area contributed by atoms with Crippen LogP contribution in [0.15, 0.2) is 18.2 Å². The number of ether oxygens (including phenoxy) is 2. The molecule has 0 aliphatic carbocycles. The Morgan fingerprint density at radius 3 is 1.52 bits per heavy atom. The Morgan fingerprint density at radius 1 is 0.741 bits per heavy atom. The first kappa shape index (κ1) is 22.5. The van der Waals surface area contributed by atoms with E-state index in [1.54, 1.807) is 0 Å². The van der Waals surface area contributed by atoms with Gasteiger partial charge in [-0.25, -0.2) is 9.59 Å². The maximum Gasteiger partial charge on any atom is 0.465 e. The number of benzene rings is 1. The third kappa shape index (κ3) is 4.60. The van der Waals surface area contributed by atoms with Crippen LogP contribution in [0.3, 0.4) is 0 Å². The Hall–Kier alpha value is -2.54. The van der Waals surface area contributed by atoms with Gasteiger partial charge < -0.3 is 9.47 Å². The van der Waals surface area contributed by atoms with Crippen molar-refractivity contribution in [2.45, 2.75) is 31.1 Å². The molecule has 0 radical (unpaired) electrons. The molecule has 0 aliphatic heterocycles. The number of hydrogen-bond acceptors (Lipinski definition) is 4. The third-order valence-corrected chi connectivity index (χ3v) is 2.78. The molecule has 0 N–H and O–H groups in total. The van der Waals surface area contributed by atoms with Gasteiger partial charge in [0.15, 0.2) is 0 Å². The van der Waals surface area contributed by atoms with Gasteiger partial charge in [0, 0.05) is 0 Å². The summed E-state index contributed by atoms with van der Waals surface area (Å²) in [4.78, 5) is 21.8. The standard InChI is InChI=1S/C13H6F10O4/c1-5-4-6(26-8(24)10(14,15)12(18,19)20)2-3-7(5)27-9(25)11(16,17)13(21,22)23/h2-4H,1H3. The van der Waals surface area contributed by atoms with Crippen molar-refractivity contribution in [3.05, 3.63) is 23.8 Å². The zero-order valence-corrected chi connectivity index (χ0v) is 12.6. The van der Waals surface area contributed by atoms with Crippen molar-refractivity contribution in [1.29, 1.82) is 0 Å². The van der Waals surface area contributed by atoms with Crippen molar-refractivity contribution in [2.24, 2.45) is 0 Å². The van der Waals surface area contributed by atoms with Gasteiger partial charge in [-0.15, -0.1) is 0 Å². The van der Waals surface area contributed by atoms with Gasteiger partial charge in [-0.3, -0.25) is 0 Å². The monoisotopic (exact) mass is 416 g/mol. The molecule has 0 amide bonds. The molecule has 27 heavy (non-hydrogen) atoms. The number of hydrogen-bond donors (Lipinski definition) is 0. The van der Waals surface area contributed by atoms with Gasteiger partial charge in [-0.2, -0.15) is 43.9 Å². The molecule has 0 heterocycles. The quantitative estimate of drug-likeness (QED) is 0.420. The Kier molecular flexibility index (Phi) is 5.74. The smallest absolute Gasteiger partial charge is 0.422 e. The van der Waals surface area contributed by atoms with Crippen molar-refractivity contribution >= 4 is 11.9 Å². The van der Waals surface area contributed by atoms with Gasteiger partial charge in [0.1, 0.15) is 11.5 Å². The second kappa shape index (κ2) is 6.88. The van der Waals surface area contributed by atoms with Gasteiger partial charge in [0.25, 0.3) is 0 Å². The summed E-state index contributed by atoms with van der Waals surface area (Å²) in [7, 11) is 0. The molecule has 0 saturated heterocycles. The van der Waals surface area contributed by atoms with E-state index in [2.05, 4.69) is 9.47 Å². The van der Waals surface area contributed by atoms with Gasteiger partial charge in [-0.1, -0.05) is 0 Å². The molecule has 0 saturated carbocycles. The van der Waals surface area contributed by atoms with Crippen molar-refractivity contribution in [1.82, 2.24) is 0 Å². The summed E-state index contributed by atoms with van der Waals surface area (Å²) in [5, 5.41) is 0. The second-order valence-electron chi connectivity index (χ2n) is 4.85. The number of alkyl halides is 10. The van der Waals surface area contributed by atoms with Crippen LogP contribution in [-0.2, 0) is 9.59 Å². The van der Waals surface area contributed by atoms with Gasteiger partial charge in [0.2, 0.25) is 0 Å². The summed E-state index contributed by atoms with van der Waals surface area (Å²) >= 11 is 0. The summed E-state index contributed by atoms with van der Waals surface area (Å²) in [6.07, 6.45) is -12.5. The van der Waals surface area contributed by atoms with Crippen molar-refractivity contribution < 1.29 is 63.0 Å². The highest BCUT2D eigenvalue weighted by molar-refractivity contribution is 5.82. The van der Waals surface area contributed by atoms with Crippen LogP contribution in [-0.4, -0.2) is 36.1 Å². The van der Waals surface area contributed by atoms with Crippen LogP contribution in [0, 0.1) is 6.92 Å². The van der Waals surface area contributed by atoms with E-state index in [-0.39, 0.29) is 0 Å². The number of halogens is 10. The molecule has 1 aromatic carbocycles. The minimum Gasteiger partial charge on any atom is -0.422 e. The number of carbonyl (C=O) groups is 2. The van der Waals surface area contributed by atoms with Crippen LogP contribution in [0.1, 0.15) is 5.56 Å². The van der Waals surface area contributed by atoms with Crippen molar-refractivity contribution in [2.75, 3.05) is 0 Å². The lowest BCUT2D eigenvalue weighted by atomic mass is 10.2. The Morgan fingerprint density at radius 2 is 1.15 bits per heavy atom. The number of aryl methyl sites for hydroxylation is 1. The summed E-state index contributed by atoms with van der Waals surface area (Å²) in [5.74, 6) is -19.6. The van der Waals surface area contributed by atoms with Crippen molar-refractivity contribution in [3.8, 4) is 11.5 Å². The van der Waals surface area contributed by atoms with Gasteiger partial charge in [-0.05, 0) is 30.7 Å². The largest absolute Gasteiger partial charge is 0.465 e. The molecule has 0 aliphatic rings. The van der Waals surface area contributed by atoms with E-state index >= 15 is 0 Å². The minimum atomic E-state index is -6.25. The number of carbonyl (C=O) groups excluding carboxylic acids is 2. The van der Waals surface area contributed by atoms with E-state index in [1.807, 2.05) is 0 Å². The van der Waals surface area contributed by atoms with Gasteiger partial charge >= 0.3 is 36.1 Å². The molecule has 0 atom stereocenters. The Balaban J connectivity index is 2.99. The summed E-state index contributed by atoms with van der Waals surface area (Å²) in [6, 6.07) is 1.39. The fourth-order valence-corrected chi connectivity index (χ4v) is 1.37.